The quantitative estimate of drug-likeness (QED) is 0.552. The number of piperazine rings is 1. The number of nitrogens with zero attached hydrogens (tertiary/aromatic N) is 6. The number of rotatable bonds is 7. The predicted octanol–water partition coefficient (Wildman–Crippen LogP) is 2.79. The van der Waals surface area contributed by atoms with E-state index in [1.807, 2.05) is 4.57 Å². The van der Waals surface area contributed by atoms with Gasteiger partial charge in [-0.3, -0.25) is 14.3 Å². The second kappa shape index (κ2) is 11.7. The Kier molecular flexibility index (Phi) is 8.39. The first-order valence-corrected chi connectivity index (χ1v) is 12.8. The van der Waals surface area contributed by atoms with Gasteiger partial charge in [0.15, 0.2) is 11.0 Å². The molecule has 0 N–H and O–H groups in total. The highest BCUT2D eigenvalue weighted by atomic mass is 32.2. The number of benzene rings is 1. The van der Waals surface area contributed by atoms with E-state index in [1.165, 1.54) is 43.2 Å². The van der Waals surface area contributed by atoms with E-state index in [4.69, 9.17) is 4.74 Å². The minimum atomic E-state index is -0.336. The third-order valence-corrected chi connectivity index (χ3v) is 7.00. The number of amides is 2. The number of likely N-dealkylation sites (tertiary alicyclic amines) is 1. The molecule has 2 fully saturated rings. The van der Waals surface area contributed by atoms with E-state index < -0.39 is 0 Å². The van der Waals surface area contributed by atoms with Crippen molar-refractivity contribution in [3.63, 3.8) is 0 Å². The number of piperidine rings is 1. The van der Waals surface area contributed by atoms with Gasteiger partial charge < -0.3 is 14.5 Å². The van der Waals surface area contributed by atoms with E-state index >= 15 is 0 Å². The fraction of sp³-hybridized carbons (Fsp3) is 0.565. The summed E-state index contributed by atoms with van der Waals surface area (Å²) in [6.45, 7) is 6.69. The van der Waals surface area contributed by atoms with Crippen LogP contribution in [0.25, 0.3) is 5.69 Å². The van der Waals surface area contributed by atoms with Gasteiger partial charge in [-0.1, -0.05) is 18.2 Å². The van der Waals surface area contributed by atoms with Crippen molar-refractivity contribution < 1.29 is 18.7 Å². The summed E-state index contributed by atoms with van der Waals surface area (Å²) >= 11 is 1.33. The molecule has 0 radical (unpaired) electrons. The number of thioether (sulfide) groups is 1. The van der Waals surface area contributed by atoms with Gasteiger partial charge in [-0.2, -0.15) is 0 Å². The molecule has 2 aromatic rings. The van der Waals surface area contributed by atoms with Crippen molar-refractivity contribution in [3.8, 4) is 5.69 Å². The van der Waals surface area contributed by atoms with E-state index in [0.29, 0.717) is 44.5 Å². The van der Waals surface area contributed by atoms with Crippen LogP contribution in [-0.2, 0) is 16.1 Å². The van der Waals surface area contributed by atoms with Crippen molar-refractivity contribution in [2.24, 2.45) is 0 Å². The van der Waals surface area contributed by atoms with Gasteiger partial charge in [-0.25, -0.2) is 9.18 Å². The van der Waals surface area contributed by atoms with Gasteiger partial charge in [0.1, 0.15) is 5.82 Å². The summed E-state index contributed by atoms with van der Waals surface area (Å²) in [7, 11) is 0. The van der Waals surface area contributed by atoms with Crippen LogP contribution in [0.4, 0.5) is 9.18 Å². The van der Waals surface area contributed by atoms with Crippen molar-refractivity contribution in [3.05, 3.63) is 35.9 Å². The molecule has 0 spiro atoms. The molecule has 0 unspecified atom stereocenters. The van der Waals surface area contributed by atoms with Crippen LogP contribution in [-0.4, -0.2) is 93.1 Å². The molecule has 3 heterocycles. The van der Waals surface area contributed by atoms with Crippen LogP contribution in [0.1, 0.15) is 32.0 Å². The molecular formula is C23H31FN6O3S. The Balaban J connectivity index is 1.41. The van der Waals surface area contributed by atoms with Crippen LogP contribution in [0.3, 0.4) is 0 Å². The summed E-state index contributed by atoms with van der Waals surface area (Å²) in [5.41, 5.74) is 0.774. The number of hydrogen-bond acceptors (Lipinski definition) is 7. The maximum atomic E-state index is 13.5. The first-order chi connectivity index (χ1) is 16.5. The SMILES string of the molecule is CCOC(=O)N1CCN(C(=O)CSc2nnc(CN3CCCCC3)n2-c2ccc(F)cc2)CC1. The fourth-order valence-electron chi connectivity index (χ4n) is 4.23. The fourth-order valence-corrected chi connectivity index (χ4v) is 5.11. The van der Waals surface area contributed by atoms with Crippen molar-refractivity contribution in [2.45, 2.75) is 37.9 Å². The van der Waals surface area contributed by atoms with E-state index in [9.17, 15) is 14.0 Å². The van der Waals surface area contributed by atoms with E-state index in [0.717, 1.165) is 24.6 Å². The van der Waals surface area contributed by atoms with E-state index in [-0.39, 0.29) is 23.6 Å². The van der Waals surface area contributed by atoms with Gasteiger partial charge in [0.05, 0.1) is 18.9 Å². The monoisotopic (exact) mass is 490 g/mol. The molecule has 184 valence electrons. The summed E-state index contributed by atoms with van der Waals surface area (Å²) in [5, 5.41) is 9.40. The molecule has 34 heavy (non-hydrogen) atoms. The highest BCUT2D eigenvalue weighted by Crippen LogP contribution is 2.24. The van der Waals surface area contributed by atoms with Crippen LogP contribution in [0.2, 0.25) is 0 Å². The van der Waals surface area contributed by atoms with Crippen molar-refractivity contribution >= 4 is 23.8 Å². The maximum Gasteiger partial charge on any atom is 0.409 e. The maximum absolute atomic E-state index is 13.5. The third-order valence-electron chi connectivity index (χ3n) is 6.08. The second-order valence-electron chi connectivity index (χ2n) is 8.40. The topological polar surface area (TPSA) is 83.8 Å². The molecule has 11 heteroatoms. The zero-order valence-electron chi connectivity index (χ0n) is 19.5. The number of ether oxygens (including phenoxy) is 1. The van der Waals surface area contributed by atoms with Gasteiger partial charge in [0.25, 0.3) is 0 Å². The Morgan fingerprint density at radius 3 is 2.32 bits per heavy atom. The second-order valence-corrected chi connectivity index (χ2v) is 9.35. The number of hydrogen-bond donors (Lipinski definition) is 0. The van der Waals surface area contributed by atoms with E-state index in [1.54, 1.807) is 28.9 Å². The normalized spacial score (nSPS) is 17.1. The Hall–Kier alpha value is -2.66. The molecule has 2 saturated heterocycles. The Bertz CT molecular complexity index is 972. The standard InChI is InChI=1S/C23H31FN6O3S/c1-2-33-23(32)29-14-12-28(13-15-29)21(31)17-34-22-26-25-20(16-27-10-4-3-5-11-27)30(22)19-8-6-18(24)7-9-19/h6-9H,2-5,10-17H2,1H3. The number of halogens is 1. The summed E-state index contributed by atoms with van der Waals surface area (Å²) in [6, 6.07) is 6.25. The molecule has 2 aliphatic rings. The summed E-state index contributed by atoms with van der Waals surface area (Å²) in [6.07, 6.45) is 3.25. The first kappa shape index (κ1) is 24.5. The van der Waals surface area contributed by atoms with Crippen molar-refractivity contribution in [2.75, 3.05) is 51.6 Å². The molecule has 4 rings (SSSR count). The molecule has 2 amide bonds. The van der Waals surface area contributed by atoms with Crippen LogP contribution in [0.15, 0.2) is 29.4 Å². The number of carbonyl (C=O) groups excluding carboxylic acids is 2. The molecule has 0 bridgehead atoms. The molecule has 1 aromatic heterocycles. The average molecular weight is 491 g/mol. The zero-order valence-corrected chi connectivity index (χ0v) is 20.3. The van der Waals surface area contributed by atoms with Gasteiger partial charge in [0.2, 0.25) is 5.91 Å². The number of carbonyl (C=O) groups is 2. The molecule has 1 aromatic carbocycles. The van der Waals surface area contributed by atoms with Gasteiger partial charge in [-0.15, -0.1) is 10.2 Å². The van der Waals surface area contributed by atoms with Crippen molar-refractivity contribution in [1.82, 2.24) is 29.5 Å². The molecule has 9 nitrogen and oxygen atoms in total. The minimum Gasteiger partial charge on any atom is -0.450 e. The summed E-state index contributed by atoms with van der Waals surface area (Å²) in [5.74, 6) is 0.676. The van der Waals surface area contributed by atoms with Crippen LogP contribution in [0, 0.1) is 5.82 Å². The lowest BCUT2D eigenvalue weighted by Crippen LogP contribution is -2.51. The molecular weight excluding hydrogens is 459 g/mol. The van der Waals surface area contributed by atoms with Crippen LogP contribution < -0.4 is 0 Å². The molecule has 0 aliphatic carbocycles. The van der Waals surface area contributed by atoms with Crippen LogP contribution in [0.5, 0.6) is 0 Å². The zero-order chi connectivity index (χ0) is 23.9. The lowest BCUT2D eigenvalue weighted by Gasteiger charge is -2.34. The lowest BCUT2D eigenvalue weighted by atomic mass is 10.1. The van der Waals surface area contributed by atoms with Crippen LogP contribution >= 0.6 is 11.8 Å². The van der Waals surface area contributed by atoms with Gasteiger partial charge >= 0.3 is 6.09 Å². The first-order valence-electron chi connectivity index (χ1n) is 11.8. The average Bonchev–Trinajstić information content (AvgIpc) is 3.26. The predicted molar refractivity (Wildman–Crippen MR) is 126 cm³/mol. The lowest BCUT2D eigenvalue weighted by molar-refractivity contribution is -0.129. The van der Waals surface area contributed by atoms with Gasteiger partial charge in [0, 0.05) is 31.9 Å². The molecule has 0 saturated carbocycles. The Morgan fingerprint density at radius 2 is 1.65 bits per heavy atom. The highest BCUT2D eigenvalue weighted by molar-refractivity contribution is 7.99. The number of aromatic nitrogens is 3. The highest BCUT2D eigenvalue weighted by Gasteiger charge is 2.26. The third kappa shape index (κ3) is 6.06. The van der Waals surface area contributed by atoms with E-state index in [2.05, 4.69) is 15.1 Å². The Morgan fingerprint density at radius 1 is 0.971 bits per heavy atom. The minimum absolute atomic E-state index is 0.0141. The largest absolute Gasteiger partial charge is 0.450 e. The molecule has 2 aliphatic heterocycles. The summed E-state index contributed by atoms with van der Waals surface area (Å²) < 4.78 is 20.5. The Labute approximate surface area is 203 Å². The van der Waals surface area contributed by atoms with Gasteiger partial charge in [-0.05, 0) is 57.1 Å². The molecule has 0 atom stereocenters. The smallest absolute Gasteiger partial charge is 0.409 e. The van der Waals surface area contributed by atoms with Crippen molar-refractivity contribution in [1.29, 1.82) is 0 Å². The summed E-state index contributed by atoms with van der Waals surface area (Å²) in [4.78, 5) is 30.5.